The molecular formula is C26H21Cl2N3O4S. The second kappa shape index (κ2) is 9.97. The summed E-state index contributed by atoms with van der Waals surface area (Å²) in [6.45, 7) is 2.35. The Morgan fingerprint density at radius 3 is 2.56 bits per heavy atom. The van der Waals surface area contributed by atoms with Crippen molar-refractivity contribution >= 4 is 63.7 Å². The molecule has 2 heterocycles. The zero-order valence-corrected chi connectivity index (χ0v) is 21.5. The Morgan fingerprint density at radius 1 is 1.06 bits per heavy atom. The number of nitrogens with zero attached hydrogens (tertiary/aromatic N) is 2. The number of benzene rings is 3. The number of fused-ring (bicyclic) bond motifs is 1. The molecule has 184 valence electrons. The molecule has 0 aliphatic carbocycles. The van der Waals surface area contributed by atoms with Gasteiger partial charge in [0.1, 0.15) is 6.04 Å². The summed E-state index contributed by atoms with van der Waals surface area (Å²) in [7, 11) is 0. The van der Waals surface area contributed by atoms with E-state index in [0.29, 0.717) is 44.6 Å². The van der Waals surface area contributed by atoms with Gasteiger partial charge in [0.15, 0.2) is 16.6 Å². The fraction of sp³-hybridized carbons (Fsp3) is 0.192. The molecule has 2 aliphatic heterocycles. The lowest BCUT2D eigenvalue weighted by atomic mass is 10.1. The van der Waals surface area contributed by atoms with Crippen LogP contribution in [0, 0.1) is 6.92 Å². The second-order valence-corrected chi connectivity index (χ2v) is 9.69. The number of aryl methyl sites for hydroxylation is 1. The lowest BCUT2D eigenvalue weighted by Crippen LogP contribution is -2.37. The number of carbonyl (C=O) groups is 2. The molecule has 0 spiro atoms. The van der Waals surface area contributed by atoms with Crippen LogP contribution in [0.25, 0.3) is 0 Å². The quantitative estimate of drug-likeness (QED) is 0.412. The van der Waals surface area contributed by atoms with E-state index in [1.54, 1.807) is 41.3 Å². The highest BCUT2D eigenvalue weighted by Gasteiger charge is 2.44. The molecule has 3 aromatic rings. The van der Waals surface area contributed by atoms with E-state index in [4.69, 9.17) is 44.9 Å². The summed E-state index contributed by atoms with van der Waals surface area (Å²) in [6, 6.07) is 16.9. The van der Waals surface area contributed by atoms with E-state index in [-0.39, 0.29) is 25.0 Å². The van der Waals surface area contributed by atoms with E-state index in [2.05, 4.69) is 5.32 Å². The molecule has 1 fully saturated rings. The number of rotatable bonds is 6. The highest BCUT2D eigenvalue weighted by atomic mass is 35.5. The van der Waals surface area contributed by atoms with Crippen molar-refractivity contribution in [2.75, 3.05) is 17.0 Å². The van der Waals surface area contributed by atoms with Crippen LogP contribution in [0.5, 0.6) is 11.5 Å². The van der Waals surface area contributed by atoms with Gasteiger partial charge in [-0.1, -0.05) is 35.3 Å². The van der Waals surface area contributed by atoms with Crippen molar-refractivity contribution in [1.82, 2.24) is 4.90 Å². The van der Waals surface area contributed by atoms with Crippen LogP contribution in [0.4, 0.5) is 11.4 Å². The Balaban J connectivity index is 1.41. The van der Waals surface area contributed by atoms with Crippen LogP contribution < -0.4 is 19.7 Å². The molecular weight excluding hydrogens is 521 g/mol. The molecule has 2 amide bonds. The first-order valence-electron chi connectivity index (χ1n) is 11.1. The third-order valence-corrected chi connectivity index (χ3v) is 7.10. The van der Waals surface area contributed by atoms with Crippen LogP contribution in [-0.2, 0) is 16.1 Å². The number of amides is 2. The van der Waals surface area contributed by atoms with Gasteiger partial charge in [-0.3, -0.25) is 14.5 Å². The van der Waals surface area contributed by atoms with Crippen molar-refractivity contribution < 1.29 is 19.1 Å². The van der Waals surface area contributed by atoms with Gasteiger partial charge in [0, 0.05) is 22.3 Å². The van der Waals surface area contributed by atoms with Gasteiger partial charge in [-0.05, 0) is 78.8 Å². The van der Waals surface area contributed by atoms with Gasteiger partial charge in [-0.25, -0.2) is 0 Å². The lowest BCUT2D eigenvalue weighted by molar-refractivity contribution is -0.124. The Kier molecular flexibility index (Phi) is 6.75. The molecule has 1 atom stereocenters. The van der Waals surface area contributed by atoms with Crippen LogP contribution in [0.15, 0.2) is 60.7 Å². The smallest absolute Gasteiger partial charge is 0.256 e. The van der Waals surface area contributed by atoms with E-state index in [0.717, 1.165) is 11.1 Å². The van der Waals surface area contributed by atoms with Crippen molar-refractivity contribution in [3.05, 3.63) is 81.8 Å². The van der Waals surface area contributed by atoms with Crippen LogP contribution in [-0.4, -0.2) is 34.7 Å². The summed E-state index contributed by atoms with van der Waals surface area (Å²) in [5.41, 5.74) is 2.90. The zero-order valence-electron chi connectivity index (χ0n) is 19.2. The normalized spacial score (nSPS) is 16.6. The third kappa shape index (κ3) is 4.84. The Labute approximate surface area is 223 Å². The maximum atomic E-state index is 13.6. The summed E-state index contributed by atoms with van der Waals surface area (Å²) in [6.07, 6.45) is -0.0981. The van der Waals surface area contributed by atoms with Crippen LogP contribution >= 0.6 is 35.4 Å². The van der Waals surface area contributed by atoms with Crippen LogP contribution in [0.2, 0.25) is 10.0 Å². The molecule has 1 saturated heterocycles. The molecule has 36 heavy (non-hydrogen) atoms. The molecule has 0 radical (unpaired) electrons. The minimum Gasteiger partial charge on any atom is -0.454 e. The highest BCUT2D eigenvalue weighted by Crippen LogP contribution is 2.35. The Morgan fingerprint density at radius 2 is 1.81 bits per heavy atom. The summed E-state index contributed by atoms with van der Waals surface area (Å²) in [4.78, 5) is 29.8. The maximum Gasteiger partial charge on any atom is 0.256 e. The first-order valence-corrected chi connectivity index (χ1v) is 12.3. The minimum atomic E-state index is -0.806. The number of halogens is 2. The monoisotopic (exact) mass is 541 g/mol. The van der Waals surface area contributed by atoms with Gasteiger partial charge in [0.2, 0.25) is 12.7 Å². The molecule has 0 saturated carbocycles. The number of hydrogen-bond donors (Lipinski definition) is 1. The summed E-state index contributed by atoms with van der Waals surface area (Å²) >= 11 is 18.0. The molecule has 0 unspecified atom stereocenters. The number of nitrogens with one attached hydrogen (secondary N) is 1. The van der Waals surface area contributed by atoms with Gasteiger partial charge in [0.25, 0.3) is 5.91 Å². The van der Waals surface area contributed by atoms with Gasteiger partial charge >= 0.3 is 0 Å². The number of anilines is 2. The molecule has 1 N–H and O–H groups in total. The molecule has 0 aromatic heterocycles. The lowest BCUT2D eigenvalue weighted by Gasteiger charge is -2.24. The van der Waals surface area contributed by atoms with Crippen LogP contribution in [0.1, 0.15) is 17.5 Å². The fourth-order valence-corrected chi connectivity index (χ4v) is 4.83. The standard InChI is InChI=1S/C26H21Cl2N3O4S/c1-15-2-6-18(11-20(15)28)29-24(32)12-21-25(33)31(19-7-4-17(27)5-8-19)26(36)30(21)13-16-3-9-22-23(10-16)35-14-34-22/h2-11,21H,12-14H2,1H3,(H,29,32)/t21-/m1/s1. The van der Waals surface area contributed by atoms with Crippen molar-refractivity contribution in [1.29, 1.82) is 0 Å². The van der Waals surface area contributed by atoms with Gasteiger partial charge < -0.3 is 19.7 Å². The van der Waals surface area contributed by atoms with E-state index in [1.165, 1.54) is 4.90 Å². The van der Waals surface area contributed by atoms with E-state index < -0.39 is 6.04 Å². The topological polar surface area (TPSA) is 71.1 Å². The Bertz CT molecular complexity index is 1370. The van der Waals surface area contributed by atoms with Gasteiger partial charge in [-0.15, -0.1) is 0 Å². The molecule has 3 aromatic carbocycles. The third-order valence-electron chi connectivity index (χ3n) is 6.03. The zero-order chi connectivity index (χ0) is 25.4. The molecule has 2 aliphatic rings. The first-order chi connectivity index (χ1) is 17.3. The average Bonchev–Trinajstić information content (AvgIpc) is 3.40. The van der Waals surface area contributed by atoms with E-state index >= 15 is 0 Å². The highest BCUT2D eigenvalue weighted by molar-refractivity contribution is 7.80. The van der Waals surface area contributed by atoms with Crippen molar-refractivity contribution in [2.45, 2.75) is 25.9 Å². The van der Waals surface area contributed by atoms with E-state index in [9.17, 15) is 9.59 Å². The predicted octanol–water partition coefficient (Wildman–Crippen LogP) is 5.56. The van der Waals surface area contributed by atoms with Crippen molar-refractivity contribution in [3.8, 4) is 11.5 Å². The SMILES string of the molecule is Cc1ccc(NC(=O)C[C@@H]2C(=O)N(c3ccc(Cl)cc3)C(=S)N2Cc2ccc3c(c2)OCO3)cc1Cl. The Hall–Kier alpha value is -3.33. The maximum absolute atomic E-state index is 13.6. The van der Waals surface area contributed by atoms with E-state index in [1.807, 2.05) is 31.2 Å². The molecule has 0 bridgehead atoms. The number of ether oxygens (including phenoxy) is 2. The summed E-state index contributed by atoms with van der Waals surface area (Å²) < 4.78 is 10.9. The fourth-order valence-electron chi connectivity index (χ4n) is 4.14. The molecule has 5 rings (SSSR count). The minimum absolute atomic E-state index is 0.0981. The summed E-state index contributed by atoms with van der Waals surface area (Å²) in [5, 5.41) is 4.23. The first kappa shape index (κ1) is 24.4. The van der Waals surface area contributed by atoms with Crippen LogP contribution in [0.3, 0.4) is 0 Å². The second-order valence-electron chi connectivity index (χ2n) is 8.48. The molecule has 10 heteroatoms. The molecule has 7 nitrogen and oxygen atoms in total. The largest absolute Gasteiger partial charge is 0.454 e. The number of hydrogen-bond acceptors (Lipinski definition) is 5. The van der Waals surface area contributed by atoms with Gasteiger partial charge in [0.05, 0.1) is 12.1 Å². The van der Waals surface area contributed by atoms with Crippen molar-refractivity contribution in [2.24, 2.45) is 0 Å². The summed E-state index contributed by atoms with van der Waals surface area (Å²) in [5.74, 6) is 0.670. The van der Waals surface area contributed by atoms with Crippen molar-refractivity contribution in [3.63, 3.8) is 0 Å². The van der Waals surface area contributed by atoms with Gasteiger partial charge in [-0.2, -0.15) is 0 Å². The number of carbonyl (C=O) groups excluding carboxylic acids is 2. The predicted molar refractivity (Wildman–Crippen MR) is 143 cm³/mol. The average molecular weight is 542 g/mol. The number of thiocarbonyl (C=S) groups is 1.